The first-order valence-corrected chi connectivity index (χ1v) is 12.3. The minimum absolute atomic E-state index is 0.0820. The first-order chi connectivity index (χ1) is 15.7. The van der Waals surface area contributed by atoms with E-state index in [1.165, 1.54) is 16.4 Å². The van der Waals surface area contributed by atoms with Crippen molar-refractivity contribution in [2.75, 3.05) is 50.5 Å². The molecule has 0 unspecified atom stereocenters. The average molecular weight is 473 g/mol. The Labute approximate surface area is 194 Å². The molecule has 1 atom stereocenters. The summed E-state index contributed by atoms with van der Waals surface area (Å²) in [5, 5.41) is 2.73. The van der Waals surface area contributed by atoms with Crippen molar-refractivity contribution in [3.05, 3.63) is 48.0 Å². The number of amides is 2. The lowest BCUT2D eigenvalue weighted by Gasteiger charge is -2.34. The van der Waals surface area contributed by atoms with Crippen molar-refractivity contribution >= 4 is 33.2 Å². The number of ether oxygens (including phenoxy) is 1. The third-order valence-electron chi connectivity index (χ3n) is 5.91. The molecule has 9 nitrogen and oxygen atoms in total. The van der Waals surface area contributed by atoms with Crippen LogP contribution in [-0.2, 0) is 14.8 Å². The van der Waals surface area contributed by atoms with Crippen LogP contribution in [0.2, 0.25) is 0 Å². The number of carbonyl (C=O) groups is 2. The maximum atomic E-state index is 13.2. The third kappa shape index (κ3) is 4.53. The van der Waals surface area contributed by atoms with E-state index in [1.54, 1.807) is 17.0 Å². The summed E-state index contributed by atoms with van der Waals surface area (Å²) >= 11 is 0. The van der Waals surface area contributed by atoms with Gasteiger partial charge in [-0.3, -0.25) is 9.59 Å². The Morgan fingerprint density at radius 1 is 1.12 bits per heavy atom. The van der Waals surface area contributed by atoms with E-state index in [4.69, 9.17) is 4.74 Å². The number of anilines is 2. The van der Waals surface area contributed by atoms with Crippen molar-refractivity contribution in [2.45, 2.75) is 24.3 Å². The predicted molar refractivity (Wildman–Crippen MR) is 125 cm³/mol. The van der Waals surface area contributed by atoms with Crippen molar-refractivity contribution in [3.63, 3.8) is 0 Å². The number of piperazine rings is 1. The van der Waals surface area contributed by atoms with Crippen LogP contribution < -0.4 is 15.0 Å². The zero-order chi connectivity index (χ0) is 23.8. The largest absolute Gasteiger partial charge is 0.478 e. The Bertz CT molecular complexity index is 1170. The molecule has 2 aliphatic rings. The molecule has 176 valence electrons. The highest BCUT2D eigenvalue weighted by molar-refractivity contribution is 7.89. The molecule has 2 aromatic rings. The van der Waals surface area contributed by atoms with E-state index in [9.17, 15) is 18.0 Å². The van der Waals surface area contributed by atoms with Gasteiger partial charge in [0.05, 0.1) is 10.6 Å². The summed E-state index contributed by atoms with van der Waals surface area (Å²) in [6, 6.07) is 11.9. The molecular weight excluding hydrogens is 444 g/mol. The van der Waals surface area contributed by atoms with Gasteiger partial charge < -0.3 is 19.9 Å². The molecular formula is C23H28N4O5S. The second-order valence-corrected chi connectivity index (χ2v) is 10.2. The van der Waals surface area contributed by atoms with Crippen LogP contribution in [0.4, 0.5) is 11.4 Å². The monoisotopic (exact) mass is 472 g/mol. The van der Waals surface area contributed by atoms with Crippen molar-refractivity contribution in [1.29, 1.82) is 0 Å². The minimum Gasteiger partial charge on any atom is -0.478 e. The van der Waals surface area contributed by atoms with Crippen LogP contribution in [0.15, 0.2) is 47.4 Å². The van der Waals surface area contributed by atoms with Crippen LogP contribution in [0.3, 0.4) is 0 Å². The van der Waals surface area contributed by atoms with Gasteiger partial charge in [0.25, 0.3) is 11.8 Å². The smallest absolute Gasteiger partial charge is 0.265 e. The molecule has 0 aliphatic carbocycles. The second kappa shape index (κ2) is 9.03. The van der Waals surface area contributed by atoms with E-state index in [0.29, 0.717) is 36.5 Å². The summed E-state index contributed by atoms with van der Waals surface area (Å²) < 4.78 is 33.4. The molecule has 0 saturated carbocycles. The van der Waals surface area contributed by atoms with Gasteiger partial charge in [-0.15, -0.1) is 0 Å². The Morgan fingerprint density at radius 2 is 1.85 bits per heavy atom. The first kappa shape index (κ1) is 23.1. The van der Waals surface area contributed by atoms with E-state index in [-0.39, 0.29) is 29.8 Å². The molecule has 0 aromatic heterocycles. The maximum Gasteiger partial charge on any atom is 0.265 e. The molecule has 2 heterocycles. The highest BCUT2D eigenvalue weighted by Crippen LogP contribution is 2.33. The van der Waals surface area contributed by atoms with E-state index < -0.39 is 16.1 Å². The van der Waals surface area contributed by atoms with Gasteiger partial charge in [-0.05, 0) is 42.8 Å². The molecule has 10 heteroatoms. The normalized spacial score (nSPS) is 18.8. The standard InChI is InChI=1S/C23H28N4O5S/c1-4-20-22(28)24-19-15-18(8-9-21(19)32-20)33(30,31)27-12-10-26(11-13-27)23(29)16-6-5-7-17(14-16)25(2)3/h5-9,14-15,20H,4,10-13H2,1-3H3,(H,24,28)/t20-/m1/s1. The van der Waals surface area contributed by atoms with Gasteiger partial charge in [0.15, 0.2) is 6.10 Å². The molecule has 1 saturated heterocycles. The zero-order valence-electron chi connectivity index (χ0n) is 18.9. The van der Waals surface area contributed by atoms with Crippen molar-refractivity contribution in [1.82, 2.24) is 9.21 Å². The Balaban J connectivity index is 1.45. The van der Waals surface area contributed by atoms with E-state index >= 15 is 0 Å². The van der Waals surface area contributed by atoms with Crippen molar-refractivity contribution < 1.29 is 22.7 Å². The number of sulfonamides is 1. The summed E-state index contributed by atoms with van der Waals surface area (Å²) in [7, 11) is 0.0387. The van der Waals surface area contributed by atoms with Crippen molar-refractivity contribution in [2.24, 2.45) is 0 Å². The van der Waals surface area contributed by atoms with E-state index in [2.05, 4.69) is 5.32 Å². The summed E-state index contributed by atoms with van der Waals surface area (Å²) in [6.07, 6.45) is -0.0581. The molecule has 1 N–H and O–H groups in total. The fourth-order valence-corrected chi connectivity index (χ4v) is 5.39. The van der Waals surface area contributed by atoms with Gasteiger partial charge in [-0.2, -0.15) is 4.31 Å². The number of carbonyl (C=O) groups excluding carboxylic acids is 2. The van der Waals surface area contributed by atoms with Crippen LogP contribution in [0.25, 0.3) is 0 Å². The lowest BCUT2D eigenvalue weighted by Crippen LogP contribution is -2.50. The van der Waals surface area contributed by atoms with Gasteiger partial charge in [0.1, 0.15) is 5.75 Å². The molecule has 0 bridgehead atoms. The first-order valence-electron chi connectivity index (χ1n) is 10.9. The SMILES string of the molecule is CC[C@H]1Oc2ccc(S(=O)(=O)N3CCN(C(=O)c4cccc(N(C)C)c4)CC3)cc2NC1=O. The molecule has 2 amide bonds. The van der Waals surface area contributed by atoms with Gasteiger partial charge in [-0.1, -0.05) is 13.0 Å². The van der Waals surface area contributed by atoms with Crippen LogP contribution in [-0.4, -0.2) is 75.8 Å². The topological polar surface area (TPSA) is 99.3 Å². The Kier molecular flexibility index (Phi) is 6.31. The lowest BCUT2D eigenvalue weighted by molar-refractivity contribution is -0.123. The quantitative estimate of drug-likeness (QED) is 0.715. The molecule has 4 rings (SSSR count). The van der Waals surface area contributed by atoms with Gasteiger partial charge in [-0.25, -0.2) is 8.42 Å². The second-order valence-electron chi connectivity index (χ2n) is 8.30. The van der Waals surface area contributed by atoms with Crippen LogP contribution in [0.1, 0.15) is 23.7 Å². The lowest BCUT2D eigenvalue weighted by atomic mass is 10.1. The number of hydrogen-bond donors (Lipinski definition) is 1. The van der Waals surface area contributed by atoms with E-state index in [1.807, 2.05) is 44.1 Å². The fraction of sp³-hybridized carbons (Fsp3) is 0.391. The molecule has 0 radical (unpaired) electrons. The average Bonchev–Trinajstić information content (AvgIpc) is 2.82. The molecule has 33 heavy (non-hydrogen) atoms. The van der Waals surface area contributed by atoms with Crippen LogP contribution in [0, 0.1) is 0 Å². The maximum absolute atomic E-state index is 13.2. The van der Waals surface area contributed by atoms with Gasteiger partial charge in [0.2, 0.25) is 10.0 Å². The molecule has 1 fully saturated rings. The highest BCUT2D eigenvalue weighted by atomic mass is 32.2. The summed E-state index contributed by atoms with van der Waals surface area (Å²) in [4.78, 5) is 28.7. The summed E-state index contributed by atoms with van der Waals surface area (Å²) in [6.45, 7) is 2.83. The third-order valence-corrected chi connectivity index (χ3v) is 7.81. The number of nitrogens with one attached hydrogen (secondary N) is 1. The van der Waals surface area contributed by atoms with Crippen LogP contribution >= 0.6 is 0 Å². The summed E-state index contributed by atoms with van der Waals surface area (Å²) in [5.74, 6) is 0.0515. The fourth-order valence-electron chi connectivity index (χ4n) is 3.94. The molecule has 0 spiro atoms. The highest BCUT2D eigenvalue weighted by Gasteiger charge is 2.32. The van der Waals surface area contributed by atoms with Crippen LogP contribution in [0.5, 0.6) is 5.75 Å². The Hall–Kier alpha value is -3.11. The number of benzene rings is 2. The van der Waals surface area contributed by atoms with Gasteiger partial charge >= 0.3 is 0 Å². The van der Waals surface area contributed by atoms with Gasteiger partial charge in [0, 0.05) is 51.5 Å². The number of hydrogen-bond acceptors (Lipinski definition) is 6. The zero-order valence-corrected chi connectivity index (χ0v) is 19.8. The minimum atomic E-state index is -3.78. The predicted octanol–water partition coefficient (Wildman–Crippen LogP) is 2.01. The molecule has 2 aromatic carbocycles. The Morgan fingerprint density at radius 3 is 2.52 bits per heavy atom. The summed E-state index contributed by atoms with van der Waals surface area (Å²) in [5.41, 5.74) is 1.85. The van der Waals surface area contributed by atoms with E-state index in [0.717, 1.165) is 5.69 Å². The number of nitrogens with zero attached hydrogens (tertiary/aromatic N) is 3. The molecule has 2 aliphatic heterocycles. The number of rotatable bonds is 5. The number of fused-ring (bicyclic) bond motifs is 1. The van der Waals surface area contributed by atoms with Crippen molar-refractivity contribution in [3.8, 4) is 5.75 Å².